The lowest BCUT2D eigenvalue weighted by Crippen LogP contribution is -2.21. The standard InChI is InChI=1S/C49H31N3S2/c1-30-14-4-3-13-27-52(46-42(30)36-17-7-8-18-37(36)47-43(46)38-19-9-11-21-40(38)53-47)49-50-44(48-45(51-49)39-20-10-12-22-41(39)54-48)35-26-25-33-28-32(23-24-34(33)29-35)31-15-5-2-6-16-31/h2-26,28-29H,1,27H2/b13-3-,14-4-. The average Bonchev–Trinajstić information content (AvgIpc) is 3.82. The molecule has 0 atom stereocenters. The molecule has 0 fully saturated rings. The van der Waals surface area contributed by atoms with Gasteiger partial charge in [0.1, 0.15) is 0 Å². The summed E-state index contributed by atoms with van der Waals surface area (Å²) < 4.78 is 4.82. The second kappa shape index (κ2) is 12.3. The second-order valence-electron chi connectivity index (χ2n) is 13.8. The molecule has 0 spiro atoms. The van der Waals surface area contributed by atoms with Gasteiger partial charge in [0, 0.05) is 53.3 Å². The summed E-state index contributed by atoms with van der Waals surface area (Å²) in [6.45, 7) is 5.26. The Kier molecular flexibility index (Phi) is 7.12. The Balaban J connectivity index is 1.21. The highest BCUT2D eigenvalue weighted by atomic mass is 32.1. The van der Waals surface area contributed by atoms with Gasteiger partial charge in [0.25, 0.3) is 0 Å². The SMILES string of the molecule is C=C1/C=C\C=C/CN(c2nc(-c3ccc4cc(-c5ccccc5)ccc4c3)c3sc4ccccc4c3n2)c2c1c1ccccc1c1sc3ccccc3c21. The molecular formula is C49H31N3S2. The molecule has 0 saturated heterocycles. The number of fused-ring (bicyclic) bond motifs is 12. The van der Waals surface area contributed by atoms with Crippen molar-refractivity contribution >= 4 is 102 Å². The van der Waals surface area contributed by atoms with Gasteiger partial charge in [-0.2, -0.15) is 0 Å². The normalized spacial score (nSPS) is 14.5. The quantitative estimate of drug-likeness (QED) is 0.182. The smallest absolute Gasteiger partial charge is 0.231 e. The maximum Gasteiger partial charge on any atom is 0.231 e. The molecule has 0 bridgehead atoms. The van der Waals surface area contributed by atoms with Crippen molar-refractivity contribution in [2.45, 2.75) is 0 Å². The fourth-order valence-electron chi connectivity index (χ4n) is 8.09. The summed E-state index contributed by atoms with van der Waals surface area (Å²) >= 11 is 3.62. The van der Waals surface area contributed by atoms with E-state index in [2.05, 4.69) is 175 Å². The van der Waals surface area contributed by atoms with Crippen LogP contribution in [0.3, 0.4) is 0 Å². The van der Waals surface area contributed by atoms with Gasteiger partial charge in [-0.05, 0) is 57.1 Å². The van der Waals surface area contributed by atoms with Crippen LogP contribution in [0.2, 0.25) is 0 Å². The lowest BCUT2D eigenvalue weighted by atomic mass is 9.92. The lowest BCUT2D eigenvalue weighted by molar-refractivity contribution is 1.01. The van der Waals surface area contributed by atoms with Crippen LogP contribution in [0, 0.1) is 0 Å². The topological polar surface area (TPSA) is 29.0 Å². The molecule has 3 aromatic heterocycles. The van der Waals surface area contributed by atoms with Crippen molar-refractivity contribution in [3.63, 3.8) is 0 Å². The van der Waals surface area contributed by atoms with Crippen molar-refractivity contribution in [1.82, 2.24) is 9.97 Å². The first kappa shape index (κ1) is 31.2. The van der Waals surface area contributed by atoms with Crippen LogP contribution in [0.5, 0.6) is 0 Å². The number of anilines is 2. The molecule has 0 amide bonds. The molecule has 5 heteroatoms. The highest BCUT2D eigenvalue weighted by molar-refractivity contribution is 7.27. The van der Waals surface area contributed by atoms with Crippen molar-refractivity contribution in [2.75, 3.05) is 11.4 Å². The maximum atomic E-state index is 5.58. The van der Waals surface area contributed by atoms with Crippen molar-refractivity contribution in [3.8, 4) is 22.4 Å². The highest BCUT2D eigenvalue weighted by Gasteiger charge is 2.27. The zero-order valence-corrected chi connectivity index (χ0v) is 30.8. The molecule has 4 heterocycles. The predicted molar refractivity (Wildman–Crippen MR) is 234 cm³/mol. The fraction of sp³-hybridized carbons (Fsp3) is 0.0204. The minimum absolute atomic E-state index is 0.592. The van der Waals surface area contributed by atoms with Crippen molar-refractivity contribution < 1.29 is 0 Å². The van der Waals surface area contributed by atoms with Crippen molar-refractivity contribution in [3.05, 3.63) is 176 Å². The average molecular weight is 726 g/mol. The molecule has 0 saturated carbocycles. The summed E-state index contributed by atoms with van der Waals surface area (Å²) in [6, 6.07) is 50.2. The van der Waals surface area contributed by atoms with Gasteiger partial charge in [-0.25, -0.2) is 9.97 Å². The molecule has 0 aliphatic carbocycles. The van der Waals surface area contributed by atoms with Crippen LogP contribution >= 0.6 is 22.7 Å². The van der Waals surface area contributed by atoms with Gasteiger partial charge >= 0.3 is 0 Å². The van der Waals surface area contributed by atoms with E-state index in [0.717, 1.165) is 43.7 Å². The largest absolute Gasteiger partial charge is 0.305 e. The first-order chi connectivity index (χ1) is 26.7. The molecule has 0 radical (unpaired) electrons. The number of rotatable bonds is 3. The first-order valence-corrected chi connectivity index (χ1v) is 19.8. The Morgan fingerprint density at radius 2 is 1.20 bits per heavy atom. The van der Waals surface area contributed by atoms with E-state index in [1.165, 1.54) is 57.5 Å². The van der Waals surface area contributed by atoms with E-state index in [0.29, 0.717) is 12.5 Å². The molecule has 7 aromatic carbocycles. The lowest BCUT2D eigenvalue weighted by Gasteiger charge is -2.27. The van der Waals surface area contributed by atoms with Crippen molar-refractivity contribution in [2.24, 2.45) is 0 Å². The van der Waals surface area contributed by atoms with Gasteiger partial charge in [-0.1, -0.05) is 146 Å². The summed E-state index contributed by atoms with van der Waals surface area (Å²) in [5.41, 5.74) is 8.59. The number of aromatic nitrogens is 2. The van der Waals surface area contributed by atoms with Gasteiger partial charge in [0.05, 0.1) is 21.6 Å². The van der Waals surface area contributed by atoms with Crippen LogP contribution in [0.4, 0.5) is 11.6 Å². The molecule has 254 valence electrons. The number of hydrogen-bond donors (Lipinski definition) is 0. The van der Waals surface area contributed by atoms with Gasteiger partial charge in [0.15, 0.2) is 0 Å². The summed E-state index contributed by atoms with van der Waals surface area (Å²) in [7, 11) is 0. The molecule has 1 aliphatic heterocycles. The van der Waals surface area contributed by atoms with E-state index in [-0.39, 0.29) is 0 Å². The van der Waals surface area contributed by atoms with Gasteiger partial charge in [-0.3, -0.25) is 0 Å². The monoisotopic (exact) mass is 725 g/mol. The minimum Gasteiger partial charge on any atom is -0.305 e. The van der Waals surface area contributed by atoms with Gasteiger partial charge in [-0.15, -0.1) is 22.7 Å². The summed E-state index contributed by atoms with van der Waals surface area (Å²) in [5.74, 6) is 0.674. The Morgan fingerprint density at radius 1 is 0.556 bits per heavy atom. The fourth-order valence-corrected chi connectivity index (χ4v) is 10.5. The summed E-state index contributed by atoms with van der Waals surface area (Å²) in [5, 5.41) is 8.39. The van der Waals surface area contributed by atoms with Crippen LogP contribution in [0.25, 0.3) is 90.0 Å². The highest BCUT2D eigenvalue weighted by Crippen LogP contribution is 2.50. The molecule has 11 rings (SSSR count). The summed E-state index contributed by atoms with van der Waals surface area (Å²) in [6.07, 6.45) is 8.54. The van der Waals surface area contributed by atoms with Crippen molar-refractivity contribution in [1.29, 1.82) is 0 Å². The third-order valence-electron chi connectivity index (χ3n) is 10.6. The number of benzene rings is 7. The van der Waals surface area contributed by atoms with Gasteiger partial charge in [0.2, 0.25) is 5.95 Å². The number of hydrogen-bond acceptors (Lipinski definition) is 5. The number of nitrogens with zero attached hydrogens (tertiary/aromatic N) is 3. The Labute approximate surface area is 320 Å². The van der Waals surface area contributed by atoms with E-state index in [1.807, 2.05) is 11.3 Å². The molecule has 0 unspecified atom stereocenters. The minimum atomic E-state index is 0.592. The Bertz CT molecular complexity index is 3220. The summed E-state index contributed by atoms with van der Waals surface area (Å²) in [4.78, 5) is 13.4. The molecular weight excluding hydrogens is 695 g/mol. The predicted octanol–water partition coefficient (Wildman–Crippen LogP) is 14.1. The van der Waals surface area contributed by atoms with Crippen LogP contribution in [-0.4, -0.2) is 16.5 Å². The number of allylic oxidation sites excluding steroid dienone is 4. The van der Waals surface area contributed by atoms with Crippen LogP contribution < -0.4 is 4.90 Å². The van der Waals surface area contributed by atoms with E-state index in [4.69, 9.17) is 9.97 Å². The molecule has 3 nitrogen and oxygen atoms in total. The van der Waals surface area contributed by atoms with Crippen LogP contribution in [0.1, 0.15) is 5.56 Å². The van der Waals surface area contributed by atoms with Crippen LogP contribution in [-0.2, 0) is 0 Å². The van der Waals surface area contributed by atoms with E-state index in [1.54, 1.807) is 11.3 Å². The molecule has 10 aromatic rings. The van der Waals surface area contributed by atoms with Gasteiger partial charge < -0.3 is 4.90 Å². The molecule has 54 heavy (non-hydrogen) atoms. The third-order valence-corrected chi connectivity index (χ3v) is 13.0. The Hall–Kier alpha value is -6.40. The van der Waals surface area contributed by atoms with Crippen LogP contribution in [0.15, 0.2) is 170 Å². The zero-order valence-electron chi connectivity index (χ0n) is 29.2. The zero-order chi connectivity index (χ0) is 35.8. The van der Waals surface area contributed by atoms with E-state index in [9.17, 15) is 0 Å². The van der Waals surface area contributed by atoms with E-state index >= 15 is 0 Å². The first-order valence-electron chi connectivity index (χ1n) is 18.1. The maximum absolute atomic E-state index is 5.58. The molecule has 1 aliphatic rings. The number of thiophene rings is 2. The third kappa shape index (κ3) is 4.86. The molecule has 0 N–H and O–H groups in total. The Morgan fingerprint density at radius 3 is 2.02 bits per heavy atom. The second-order valence-corrected chi connectivity index (χ2v) is 15.9. The van der Waals surface area contributed by atoms with E-state index < -0.39 is 0 Å².